The zero-order valence-electron chi connectivity index (χ0n) is 8.00. The lowest BCUT2D eigenvalue weighted by molar-refractivity contribution is 1.01. The molecule has 0 saturated carbocycles. The number of hydrogen-bond acceptors (Lipinski definition) is 2. The van der Waals surface area contributed by atoms with Crippen LogP contribution < -0.4 is 11.3 Å². The Bertz CT molecular complexity index is 528. The molecule has 0 unspecified atom stereocenters. The first-order chi connectivity index (χ1) is 6.74. The van der Waals surface area contributed by atoms with E-state index in [4.69, 9.17) is 5.73 Å². The third kappa shape index (κ3) is 1.22. The highest BCUT2D eigenvalue weighted by atomic mass is 16.1. The zero-order chi connectivity index (χ0) is 10.1. The normalized spacial score (nSPS) is 10.7. The highest BCUT2D eigenvalue weighted by Gasteiger charge is 2.05. The Morgan fingerprint density at radius 3 is 2.79 bits per heavy atom. The Hall–Kier alpha value is -1.61. The number of nitrogens with one attached hydrogen (secondary N) is 1. The fourth-order valence-electron chi connectivity index (χ4n) is 1.70. The molecule has 1 aromatic heterocycles. The Morgan fingerprint density at radius 2 is 2.07 bits per heavy atom. The first-order valence-corrected chi connectivity index (χ1v) is 4.54. The Balaban J connectivity index is 2.93. The van der Waals surface area contributed by atoms with Gasteiger partial charge in [-0.05, 0) is 18.6 Å². The molecular weight excluding hydrogens is 176 g/mol. The monoisotopic (exact) mass is 188 g/mol. The summed E-state index contributed by atoms with van der Waals surface area (Å²) in [6, 6.07) is 7.73. The van der Waals surface area contributed by atoms with Crippen molar-refractivity contribution in [3.8, 4) is 0 Å². The minimum atomic E-state index is -0.0799. The van der Waals surface area contributed by atoms with Gasteiger partial charge in [-0.3, -0.25) is 4.79 Å². The summed E-state index contributed by atoms with van der Waals surface area (Å²) in [4.78, 5) is 14.4. The fraction of sp³-hybridized carbons (Fsp3) is 0.182. The predicted molar refractivity (Wildman–Crippen MR) is 57.2 cm³/mol. The molecule has 0 fully saturated rings. The van der Waals surface area contributed by atoms with Crippen LogP contribution in [0, 0.1) is 6.92 Å². The van der Waals surface area contributed by atoms with Gasteiger partial charge in [0.15, 0.2) is 0 Å². The standard InChI is InChI=1S/C11H12N2O/c1-7-8-4-2-3-5-10(8)13-11(14)9(7)6-12/h2-5H,6,12H2,1H3,(H,13,14). The van der Waals surface area contributed by atoms with Gasteiger partial charge in [0.25, 0.3) is 5.56 Å². The van der Waals surface area contributed by atoms with Gasteiger partial charge in [-0.1, -0.05) is 18.2 Å². The van der Waals surface area contributed by atoms with Crippen molar-refractivity contribution in [2.75, 3.05) is 0 Å². The molecule has 0 atom stereocenters. The second kappa shape index (κ2) is 3.27. The van der Waals surface area contributed by atoms with Crippen molar-refractivity contribution in [2.45, 2.75) is 13.5 Å². The van der Waals surface area contributed by atoms with Crippen molar-refractivity contribution < 1.29 is 0 Å². The van der Waals surface area contributed by atoms with Gasteiger partial charge in [0.05, 0.1) is 0 Å². The van der Waals surface area contributed by atoms with Crippen molar-refractivity contribution in [1.29, 1.82) is 0 Å². The minimum Gasteiger partial charge on any atom is -0.326 e. The fourth-order valence-corrected chi connectivity index (χ4v) is 1.70. The number of rotatable bonds is 1. The summed E-state index contributed by atoms with van der Waals surface area (Å²) in [5.41, 5.74) is 7.96. The molecule has 3 N–H and O–H groups in total. The number of aromatic nitrogens is 1. The Kier molecular flexibility index (Phi) is 2.09. The topological polar surface area (TPSA) is 58.9 Å². The molecule has 2 aromatic rings. The summed E-state index contributed by atoms with van der Waals surface area (Å²) in [7, 11) is 0. The van der Waals surface area contributed by atoms with Gasteiger partial charge in [-0.25, -0.2) is 0 Å². The lowest BCUT2D eigenvalue weighted by Gasteiger charge is -2.05. The van der Waals surface area contributed by atoms with Crippen LogP contribution in [0.2, 0.25) is 0 Å². The van der Waals surface area contributed by atoms with Gasteiger partial charge in [0.1, 0.15) is 0 Å². The average molecular weight is 188 g/mol. The van der Waals surface area contributed by atoms with Crippen molar-refractivity contribution >= 4 is 10.9 Å². The molecule has 0 saturated heterocycles. The maximum atomic E-state index is 11.5. The van der Waals surface area contributed by atoms with E-state index in [0.29, 0.717) is 5.56 Å². The molecule has 2 rings (SSSR count). The van der Waals surface area contributed by atoms with Crippen LogP contribution in [-0.2, 0) is 6.54 Å². The first kappa shape index (κ1) is 8.97. The smallest absolute Gasteiger partial charge is 0.253 e. The number of aromatic amines is 1. The van der Waals surface area contributed by atoms with Gasteiger partial charge in [-0.2, -0.15) is 0 Å². The first-order valence-electron chi connectivity index (χ1n) is 4.54. The zero-order valence-corrected chi connectivity index (χ0v) is 8.00. The lowest BCUT2D eigenvalue weighted by Crippen LogP contribution is -2.17. The predicted octanol–water partition coefficient (Wildman–Crippen LogP) is 1.30. The van der Waals surface area contributed by atoms with Gasteiger partial charge in [-0.15, -0.1) is 0 Å². The van der Waals surface area contributed by atoms with Gasteiger partial charge < -0.3 is 10.7 Å². The van der Waals surface area contributed by atoms with E-state index in [-0.39, 0.29) is 12.1 Å². The van der Waals surface area contributed by atoms with E-state index >= 15 is 0 Å². The summed E-state index contributed by atoms with van der Waals surface area (Å²) < 4.78 is 0. The molecule has 72 valence electrons. The number of pyridine rings is 1. The molecule has 1 aromatic carbocycles. The number of aryl methyl sites for hydroxylation is 1. The van der Waals surface area contributed by atoms with Crippen molar-refractivity contribution in [3.63, 3.8) is 0 Å². The van der Waals surface area contributed by atoms with Crippen LogP contribution in [0.4, 0.5) is 0 Å². The molecule has 3 heteroatoms. The van der Waals surface area contributed by atoms with Crippen LogP contribution in [0.15, 0.2) is 29.1 Å². The number of fused-ring (bicyclic) bond motifs is 1. The maximum Gasteiger partial charge on any atom is 0.253 e. The summed E-state index contributed by atoms with van der Waals surface area (Å²) in [5, 5.41) is 1.06. The molecule has 3 nitrogen and oxygen atoms in total. The largest absolute Gasteiger partial charge is 0.326 e. The lowest BCUT2D eigenvalue weighted by atomic mass is 10.1. The SMILES string of the molecule is Cc1c(CN)c(=O)[nH]c2ccccc12. The van der Waals surface area contributed by atoms with Crippen molar-refractivity contribution in [1.82, 2.24) is 4.98 Å². The van der Waals surface area contributed by atoms with E-state index < -0.39 is 0 Å². The van der Waals surface area contributed by atoms with E-state index in [9.17, 15) is 4.79 Å². The van der Waals surface area contributed by atoms with Crippen LogP contribution in [-0.4, -0.2) is 4.98 Å². The van der Waals surface area contributed by atoms with Gasteiger partial charge >= 0.3 is 0 Å². The number of nitrogens with two attached hydrogens (primary N) is 1. The third-order valence-electron chi connectivity index (χ3n) is 2.51. The molecule has 0 aliphatic rings. The maximum absolute atomic E-state index is 11.5. The third-order valence-corrected chi connectivity index (χ3v) is 2.51. The minimum absolute atomic E-state index is 0.0799. The van der Waals surface area contributed by atoms with Crippen molar-refractivity contribution in [2.24, 2.45) is 5.73 Å². The molecule has 14 heavy (non-hydrogen) atoms. The van der Waals surface area contributed by atoms with Crippen LogP contribution in [0.1, 0.15) is 11.1 Å². The molecule has 1 heterocycles. The van der Waals surface area contributed by atoms with Crippen LogP contribution in [0.5, 0.6) is 0 Å². The number of H-pyrrole nitrogens is 1. The number of para-hydroxylation sites is 1. The summed E-state index contributed by atoms with van der Waals surface area (Å²) in [6.45, 7) is 2.21. The molecule has 0 spiro atoms. The van der Waals surface area contributed by atoms with E-state index in [1.165, 1.54) is 0 Å². The van der Waals surface area contributed by atoms with Crippen LogP contribution in [0.25, 0.3) is 10.9 Å². The summed E-state index contributed by atoms with van der Waals surface area (Å²) in [6.07, 6.45) is 0. The Labute approximate surface area is 81.6 Å². The van der Waals surface area contributed by atoms with Gasteiger partial charge in [0, 0.05) is 23.0 Å². The molecule has 0 aliphatic heterocycles. The second-order valence-corrected chi connectivity index (χ2v) is 3.31. The summed E-state index contributed by atoms with van der Waals surface area (Å²) in [5.74, 6) is 0. The highest BCUT2D eigenvalue weighted by molar-refractivity contribution is 5.82. The quantitative estimate of drug-likeness (QED) is 0.708. The van der Waals surface area contributed by atoms with E-state index in [2.05, 4.69) is 4.98 Å². The second-order valence-electron chi connectivity index (χ2n) is 3.31. The summed E-state index contributed by atoms with van der Waals surface area (Å²) >= 11 is 0. The molecule has 0 amide bonds. The molecule has 0 radical (unpaired) electrons. The van der Waals surface area contributed by atoms with E-state index in [1.54, 1.807) is 0 Å². The highest BCUT2D eigenvalue weighted by Crippen LogP contribution is 2.16. The number of benzene rings is 1. The van der Waals surface area contributed by atoms with E-state index in [1.807, 2.05) is 31.2 Å². The molecule has 0 bridgehead atoms. The molecular formula is C11H12N2O. The van der Waals surface area contributed by atoms with Crippen LogP contribution in [0.3, 0.4) is 0 Å². The van der Waals surface area contributed by atoms with Gasteiger partial charge in [0.2, 0.25) is 0 Å². The van der Waals surface area contributed by atoms with Crippen molar-refractivity contribution in [3.05, 3.63) is 45.7 Å². The Morgan fingerprint density at radius 1 is 1.36 bits per heavy atom. The molecule has 0 aliphatic carbocycles. The number of hydrogen-bond donors (Lipinski definition) is 2. The van der Waals surface area contributed by atoms with E-state index in [0.717, 1.165) is 16.5 Å². The van der Waals surface area contributed by atoms with Crippen LogP contribution >= 0.6 is 0 Å². The average Bonchev–Trinajstić information content (AvgIpc) is 2.18.